The van der Waals surface area contributed by atoms with E-state index < -0.39 is 0 Å². The Morgan fingerprint density at radius 1 is 1.31 bits per heavy atom. The van der Waals surface area contributed by atoms with Crippen molar-refractivity contribution in [2.75, 3.05) is 5.32 Å². The molecule has 3 nitrogen and oxygen atoms in total. The number of nitrogens with one attached hydrogen (secondary N) is 1. The first-order valence-corrected chi connectivity index (χ1v) is 4.21. The number of aliphatic imine (C=N–C) groups is 1. The molecule has 0 radical (unpaired) electrons. The lowest BCUT2D eigenvalue weighted by Crippen LogP contribution is -1.95. The third-order valence-corrected chi connectivity index (χ3v) is 1.83. The van der Waals surface area contributed by atoms with Crippen molar-refractivity contribution in [2.24, 2.45) is 4.99 Å². The molecule has 0 saturated carbocycles. The number of hydrogen-bond acceptors (Lipinski definition) is 3. The second-order valence-electron chi connectivity index (χ2n) is 3.08. The molecule has 2 heterocycles. The fraction of sp³-hybridized carbons (Fsp3) is 0.200. The molecule has 1 aliphatic heterocycles. The minimum absolute atomic E-state index is 0.758. The number of hydrogen-bond donors (Lipinski definition) is 1. The van der Waals surface area contributed by atoms with E-state index in [-0.39, 0.29) is 0 Å². The van der Waals surface area contributed by atoms with Crippen LogP contribution in [0.25, 0.3) is 0 Å². The van der Waals surface area contributed by atoms with E-state index in [9.17, 15) is 0 Å². The molecule has 0 unspecified atom stereocenters. The van der Waals surface area contributed by atoms with E-state index in [1.807, 2.05) is 32.1 Å². The highest BCUT2D eigenvalue weighted by Crippen LogP contribution is 2.24. The summed E-state index contributed by atoms with van der Waals surface area (Å²) in [4.78, 5) is 8.54. The number of nitrogens with zero attached hydrogens (tertiary/aromatic N) is 2. The van der Waals surface area contributed by atoms with Gasteiger partial charge in [0.15, 0.2) is 5.82 Å². The number of allylic oxidation sites excluding steroid dienone is 2. The van der Waals surface area contributed by atoms with Crippen molar-refractivity contribution in [3.8, 4) is 0 Å². The monoisotopic (exact) mass is 173 g/mol. The molecule has 0 aliphatic carbocycles. The average molecular weight is 173 g/mol. The molecular weight excluding hydrogens is 162 g/mol. The van der Waals surface area contributed by atoms with Crippen LogP contribution in [0.1, 0.15) is 13.8 Å². The minimum Gasteiger partial charge on any atom is -0.356 e. The number of fused-ring (bicyclic) bond motifs is 1. The summed E-state index contributed by atoms with van der Waals surface area (Å²) in [6.07, 6.45) is 3.75. The minimum atomic E-state index is 0.758. The van der Waals surface area contributed by atoms with Crippen LogP contribution in [0.5, 0.6) is 0 Å². The lowest BCUT2D eigenvalue weighted by atomic mass is 10.3. The highest BCUT2D eigenvalue weighted by molar-refractivity contribution is 5.97. The highest BCUT2D eigenvalue weighted by atomic mass is 15.0. The third kappa shape index (κ3) is 1.59. The third-order valence-electron chi connectivity index (χ3n) is 1.83. The Labute approximate surface area is 77.2 Å². The summed E-state index contributed by atoms with van der Waals surface area (Å²) in [6.45, 7) is 3.98. The first-order chi connectivity index (χ1) is 6.25. The Morgan fingerprint density at radius 3 is 3.00 bits per heavy atom. The molecule has 0 atom stereocenters. The van der Waals surface area contributed by atoms with Gasteiger partial charge in [-0.1, -0.05) is 0 Å². The van der Waals surface area contributed by atoms with Gasteiger partial charge < -0.3 is 5.32 Å². The van der Waals surface area contributed by atoms with E-state index in [0.29, 0.717) is 0 Å². The normalized spacial score (nSPS) is 14.9. The molecule has 13 heavy (non-hydrogen) atoms. The van der Waals surface area contributed by atoms with Crippen LogP contribution in [-0.2, 0) is 0 Å². The van der Waals surface area contributed by atoms with Crippen molar-refractivity contribution < 1.29 is 0 Å². The lowest BCUT2D eigenvalue weighted by molar-refractivity contribution is 1.26. The summed E-state index contributed by atoms with van der Waals surface area (Å²) in [7, 11) is 0. The largest absolute Gasteiger partial charge is 0.356 e. The first-order valence-electron chi connectivity index (χ1n) is 4.21. The molecule has 0 fully saturated rings. The zero-order valence-corrected chi connectivity index (χ0v) is 7.70. The number of pyridine rings is 1. The standard InChI is InChI=1S/C10H11N3/c1-7-6-8(2)13-10-9(12-7)4-3-5-11-10/h3-6,12H,1-2H3. The summed E-state index contributed by atoms with van der Waals surface area (Å²) in [5.74, 6) is 0.758. The number of aromatic nitrogens is 1. The van der Waals surface area contributed by atoms with Gasteiger partial charge in [-0.05, 0) is 32.1 Å². The lowest BCUT2D eigenvalue weighted by Gasteiger charge is -2.04. The Balaban J connectivity index is 2.55. The van der Waals surface area contributed by atoms with Crippen molar-refractivity contribution in [2.45, 2.75) is 13.8 Å². The van der Waals surface area contributed by atoms with Gasteiger partial charge in [0, 0.05) is 17.6 Å². The van der Waals surface area contributed by atoms with Crippen LogP contribution in [0.4, 0.5) is 11.5 Å². The Morgan fingerprint density at radius 2 is 2.15 bits per heavy atom. The van der Waals surface area contributed by atoms with E-state index in [2.05, 4.69) is 15.3 Å². The van der Waals surface area contributed by atoms with E-state index >= 15 is 0 Å². The van der Waals surface area contributed by atoms with Gasteiger partial charge in [0.05, 0.1) is 5.69 Å². The first kappa shape index (κ1) is 7.98. The smallest absolute Gasteiger partial charge is 0.176 e. The second kappa shape index (κ2) is 3.01. The van der Waals surface area contributed by atoms with Crippen molar-refractivity contribution in [1.82, 2.24) is 4.98 Å². The van der Waals surface area contributed by atoms with Crippen LogP contribution in [0.15, 0.2) is 35.1 Å². The van der Waals surface area contributed by atoms with Crippen molar-refractivity contribution in [3.63, 3.8) is 0 Å². The van der Waals surface area contributed by atoms with Crippen molar-refractivity contribution >= 4 is 17.2 Å². The predicted molar refractivity (Wildman–Crippen MR) is 54.4 cm³/mol. The van der Waals surface area contributed by atoms with Crippen LogP contribution >= 0.6 is 0 Å². The van der Waals surface area contributed by atoms with Crippen LogP contribution in [0.2, 0.25) is 0 Å². The highest BCUT2D eigenvalue weighted by Gasteiger charge is 2.05. The fourth-order valence-corrected chi connectivity index (χ4v) is 1.34. The van der Waals surface area contributed by atoms with E-state index in [1.54, 1.807) is 6.20 Å². The van der Waals surface area contributed by atoms with Gasteiger partial charge in [-0.25, -0.2) is 9.98 Å². The zero-order valence-electron chi connectivity index (χ0n) is 7.70. The summed E-state index contributed by atoms with van der Waals surface area (Å²) < 4.78 is 0. The van der Waals surface area contributed by atoms with Gasteiger partial charge in [0.1, 0.15) is 0 Å². The molecule has 1 N–H and O–H groups in total. The summed E-state index contributed by atoms with van der Waals surface area (Å²) >= 11 is 0. The molecule has 66 valence electrons. The molecule has 0 bridgehead atoms. The molecule has 2 rings (SSSR count). The molecule has 0 aromatic carbocycles. The predicted octanol–water partition coefficient (Wildman–Crippen LogP) is 2.50. The summed E-state index contributed by atoms with van der Waals surface area (Å²) in [5.41, 5.74) is 3.03. The Hall–Kier alpha value is -1.64. The Kier molecular flexibility index (Phi) is 1.85. The van der Waals surface area contributed by atoms with E-state index in [4.69, 9.17) is 0 Å². The van der Waals surface area contributed by atoms with Gasteiger partial charge in [-0.15, -0.1) is 0 Å². The Bertz CT molecular complexity index is 391. The average Bonchev–Trinajstić information content (AvgIpc) is 2.20. The topological polar surface area (TPSA) is 37.3 Å². The van der Waals surface area contributed by atoms with Crippen LogP contribution in [0, 0.1) is 0 Å². The molecule has 1 aromatic heterocycles. The van der Waals surface area contributed by atoms with Crippen molar-refractivity contribution in [3.05, 3.63) is 30.1 Å². The molecule has 3 heteroatoms. The number of rotatable bonds is 0. The van der Waals surface area contributed by atoms with Gasteiger partial charge in [-0.3, -0.25) is 0 Å². The molecule has 0 amide bonds. The number of anilines is 1. The maximum absolute atomic E-state index is 4.36. The van der Waals surface area contributed by atoms with Gasteiger partial charge in [0.2, 0.25) is 0 Å². The van der Waals surface area contributed by atoms with Gasteiger partial charge in [-0.2, -0.15) is 0 Å². The molecule has 1 aromatic rings. The van der Waals surface area contributed by atoms with Gasteiger partial charge in [0.25, 0.3) is 0 Å². The fourth-order valence-electron chi connectivity index (χ4n) is 1.34. The molecule has 0 spiro atoms. The second-order valence-corrected chi connectivity index (χ2v) is 3.08. The van der Waals surface area contributed by atoms with Gasteiger partial charge >= 0.3 is 0 Å². The summed E-state index contributed by atoms with van der Waals surface area (Å²) in [6, 6.07) is 3.87. The van der Waals surface area contributed by atoms with E-state index in [1.165, 1.54) is 0 Å². The SMILES string of the molecule is CC1=CC(C)=Nc2ncccc2N1. The molecule has 0 saturated heterocycles. The van der Waals surface area contributed by atoms with Crippen LogP contribution in [-0.4, -0.2) is 10.7 Å². The van der Waals surface area contributed by atoms with Crippen LogP contribution < -0.4 is 5.32 Å². The quantitative estimate of drug-likeness (QED) is 0.654. The van der Waals surface area contributed by atoms with E-state index in [0.717, 1.165) is 22.9 Å². The summed E-state index contributed by atoms with van der Waals surface area (Å²) in [5, 5.41) is 3.24. The van der Waals surface area contributed by atoms with Crippen LogP contribution in [0.3, 0.4) is 0 Å². The maximum atomic E-state index is 4.36. The zero-order chi connectivity index (χ0) is 9.26. The molecular formula is C10H11N3. The molecule has 1 aliphatic rings. The maximum Gasteiger partial charge on any atom is 0.176 e. The van der Waals surface area contributed by atoms with Crippen molar-refractivity contribution in [1.29, 1.82) is 0 Å².